The maximum absolute atomic E-state index is 11.0. The molecule has 82 valence electrons. The maximum Gasteiger partial charge on any atom is 0.320 e. The van der Waals surface area contributed by atoms with Crippen LogP contribution in [0.25, 0.3) is 0 Å². The molecule has 0 aromatic heterocycles. The van der Waals surface area contributed by atoms with E-state index in [1.54, 1.807) is 0 Å². The lowest BCUT2D eigenvalue weighted by Gasteiger charge is -2.37. The van der Waals surface area contributed by atoms with Crippen LogP contribution in [0.5, 0.6) is 0 Å². The molecule has 0 amide bonds. The average Bonchev–Trinajstić information content (AvgIpc) is 2.18. The smallest absolute Gasteiger partial charge is 0.320 e. The number of hydrogen-bond donors (Lipinski definition) is 1. The highest BCUT2D eigenvalue weighted by Gasteiger charge is 2.30. The van der Waals surface area contributed by atoms with Gasteiger partial charge >= 0.3 is 5.97 Å². The Morgan fingerprint density at radius 3 is 2.86 bits per heavy atom. The van der Waals surface area contributed by atoms with E-state index in [-0.39, 0.29) is 6.04 Å². The Morgan fingerprint density at radius 1 is 1.57 bits per heavy atom. The van der Waals surface area contributed by atoms with Crippen LogP contribution >= 0.6 is 0 Å². The predicted octanol–water partition coefficient (Wildman–Crippen LogP) is 2.11. The number of carboxylic acid groups (broad SMARTS) is 1. The summed E-state index contributed by atoms with van der Waals surface area (Å²) in [5, 5.41) is 9.08. The van der Waals surface area contributed by atoms with Gasteiger partial charge in [-0.3, -0.25) is 9.69 Å². The maximum atomic E-state index is 11.0. The summed E-state index contributed by atoms with van der Waals surface area (Å²) in [5.74, 6) is -0.646. The first-order valence-corrected chi connectivity index (χ1v) is 5.65. The second-order valence-corrected chi connectivity index (χ2v) is 4.23. The number of likely N-dealkylation sites (tertiary alicyclic amines) is 1. The molecule has 0 aromatic carbocycles. The van der Waals surface area contributed by atoms with Gasteiger partial charge in [-0.25, -0.2) is 0 Å². The molecule has 0 aromatic rings. The van der Waals surface area contributed by atoms with E-state index in [1.807, 2.05) is 0 Å². The number of piperidine rings is 1. The van der Waals surface area contributed by atoms with Gasteiger partial charge in [-0.15, -0.1) is 0 Å². The lowest BCUT2D eigenvalue weighted by Crippen LogP contribution is -2.49. The topological polar surface area (TPSA) is 40.5 Å². The molecule has 0 saturated carbocycles. The molecule has 1 heterocycles. The number of hydrogen-bond acceptors (Lipinski definition) is 2. The zero-order valence-corrected chi connectivity index (χ0v) is 9.20. The molecule has 3 nitrogen and oxygen atoms in total. The van der Waals surface area contributed by atoms with Crippen LogP contribution in [0.3, 0.4) is 0 Å². The summed E-state index contributed by atoms with van der Waals surface area (Å²) in [6.45, 7) is 5.25. The minimum atomic E-state index is -0.646. The van der Waals surface area contributed by atoms with E-state index in [0.717, 1.165) is 38.6 Å². The Labute approximate surface area is 86.1 Å². The molecule has 1 fully saturated rings. The van der Waals surface area contributed by atoms with E-state index in [2.05, 4.69) is 18.7 Å². The molecule has 1 N–H and O–H groups in total. The number of nitrogens with zero attached hydrogens (tertiary/aromatic N) is 1. The number of carbonyl (C=O) groups is 1. The first kappa shape index (κ1) is 11.5. The summed E-state index contributed by atoms with van der Waals surface area (Å²) in [5.41, 5.74) is 0. The Hall–Kier alpha value is -0.570. The van der Waals surface area contributed by atoms with Crippen LogP contribution in [0.4, 0.5) is 0 Å². The average molecular weight is 199 g/mol. The molecule has 0 spiro atoms. The van der Waals surface area contributed by atoms with Crippen LogP contribution < -0.4 is 0 Å². The predicted molar refractivity (Wildman–Crippen MR) is 56.4 cm³/mol. The minimum Gasteiger partial charge on any atom is -0.480 e. The third kappa shape index (κ3) is 2.71. The lowest BCUT2D eigenvalue weighted by molar-refractivity contribution is -0.145. The number of carboxylic acids is 1. The monoisotopic (exact) mass is 199 g/mol. The lowest BCUT2D eigenvalue weighted by atomic mass is 9.99. The van der Waals surface area contributed by atoms with Crippen molar-refractivity contribution in [3.8, 4) is 0 Å². The van der Waals surface area contributed by atoms with Gasteiger partial charge in [0.05, 0.1) is 0 Å². The molecule has 1 rings (SSSR count). The van der Waals surface area contributed by atoms with Crippen molar-refractivity contribution in [1.82, 2.24) is 4.90 Å². The largest absolute Gasteiger partial charge is 0.480 e. The normalized spacial score (nSPS) is 26.0. The molecule has 2 unspecified atom stereocenters. The summed E-state index contributed by atoms with van der Waals surface area (Å²) >= 11 is 0. The third-order valence-electron chi connectivity index (χ3n) is 3.10. The van der Waals surface area contributed by atoms with Crippen LogP contribution in [-0.4, -0.2) is 34.6 Å². The van der Waals surface area contributed by atoms with Crippen molar-refractivity contribution in [3.05, 3.63) is 0 Å². The zero-order valence-electron chi connectivity index (χ0n) is 9.20. The fourth-order valence-corrected chi connectivity index (χ4v) is 2.33. The second kappa shape index (κ2) is 5.35. The molecular formula is C11H21NO2. The van der Waals surface area contributed by atoms with Crippen molar-refractivity contribution >= 4 is 5.97 Å². The van der Waals surface area contributed by atoms with Crippen molar-refractivity contribution in [2.24, 2.45) is 0 Å². The summed E-state index contributed by atoms with van der Waals surface area (Å²) in [6, 6.07) is 0.187. The Balaban J connectivity index is 2.57. The zero-order chi connectivity index (χ0) is 10.6. The van der Waals surface area contributed by atoms with Crippen LogP contribution in [0, 0.1) is 0 Å². The highest BCUT2D eigenvalue weighted by molar-refractivity contribution is 5.73. The Kier molecular flexibility index (Phi) is 4.39. The molecule has 3 heteroatoms. The van der Waals surface area contributed by atoms with Gasteiger partial charge in [-0.2, -0.15) is 0 Å². The van der Waals surface area contributed by atoms with Crippen LogP contribution in [0.15, 0.2) is 0 Å². The molecule has 0 radical (unpaired) electrons. The van der Waals surface area contributed by atoms with Gasteiger partial charge in [0.15, 0.2) is 0 Å². The second-order valence-electron chi connectivity index (χ2n) is 4.23. The highest BCUT2D eigenvalue weighted by Crippen LogP contribution is 2.21. The molecule has 14 heavy (non-hydrogen) atoms. The van der Waals surface area contributed by atoms with E-state index in [0.29, 0.717) is 6.04 Å². The van der Waals surface area contributed by atoms with Crippen molar-refractivity contribution < 1.29 is 9.90 Å². The van der Waals surface area contributed by atoms with Gasteiger partial charge in [0.1, 0.15) is 6.04 Å². The highest BCUT2D eigenvalue weighted by atomic mass is 16.4. The number of aliphatic carboxylic acids is 1. The molecular weight excluding hydrogens is 178 g/mol. The van der Waals surface area contributed by atoms with Gasteiger partial charge in [-0.1, -0.05) is 19.8 Å². The molecule has 0 bridgehead atoms. The summed E-state index contributed by atoms with van der Waals surface area (Å²) < 4.78 is 0. The van der Waals surface area contributed by atoms with Crippen LogP contribution in [0.2, 0.25) is 0 Å². The van der Waals surface area contributed by atoms with Crippen LogP contribution in [0.1, 0.15) is 46.0 Å². The first-order valence-electron chi connectivity index (χ1n) is 5.65. The Morgan fingerprint density at radius 2 is 2.29 bits per heavy atom. The fourth-order valence-electron chi connectivity index (χ4n) is 2.33. The van der Waals surface area contributed by atoms with Crippen molar-refractivity contribution in [2.75, 3.05) is 6.54 Å². The standard InChI is InChI=1S/C11H21NO2/c1-3-6-9(2)12-8-5-4-7-10(12)11(13)14/h9-10H,3-8H2,1-2H3,(H,13,14). The molecule has 1 aliphatic rings. The molecule has 1 aliphatic heterocycles. The molecule has 0 aliphatic carbocycles. The van der Waals surface area contributed by atoms with Gasteiger partial charge in [-0.05, 0) is 32.7 Å². The van der Waals surface area contributed by atoms with E-state index in [9.17, 15) is 4.79 Å². The van der Waals surface area contributed by atoms with Crippen molar-refractivity contribution in [3.63, 3.8) is 0 Å². The summed E-state index contributed by atoms with van der Waals surface area (Å²) in [4.78, 5) is 13.2. The van der Waals surface area contributed by atoms with E-state index >= 15 is 0 Å². The Bertz CT molecular complexity index is 194. The van der Waals surface area contributed by atoms with Gasteiger partial charge < -0.3 is 5.11 Å². The van der Waals surface area contributed by atoms with Gasteiger partial charge in [0.25, 0.3) is 0 Å². The molecule has 2 atom stereocenters. The number of rotatable bonds is 4. The summed E-state index contributed by atoms with van der Waals surface area (Å²) in [7, 11) is 0. The SMILES string of the molecule is CCCC(C)N1CCCCC1C(=O)O. The van der Waals surface area contributed by atoms with Crippen LogP contribution in [-0.2, 0) is 4.79 Å². The van der Waals surface area contributed by atoms with Gasteiger partial charge in [0, 0.05) is 6.04 Å². The van der Waals surface area contributed by atoms with Crippen molar-refractivity contribution in [1.29, 1.82) is 0 Å². The van der Waals surface area contributed by atoms with Gasteiger partial charge in [0.2, 0.25) is 0 Å². The quantitative estimate of drug-likeness (QED) is 0.754. The molecule has 1 saturated heterocycles. The first-order chi connectivity index (χ1) is 6.66. The summed E-state index contributed by atoms with van der Waals surface area (Å²) in [6.07, 6.45) is 5.27. The van der Waals surface area contributed by atoms with E-state index in [1.165, 1.54) is 0 Å². The minimum absolute atomic E-state index is 0.231. The third-order valence-corrected chi connectivity index (χ3v) is 3.10. The van der Waals surface area contributed by atoms with E-state index < -0.39 is 5.97 Å². The van der Waals surface area contributed by atoms with E-state index in [4.69, 9.17) is 5.11 Å². The van der Waals surface area contributed by atoms with Crippen molar-refractivity contribution in [2.45, 2.75) is 58.0 Å². The fraction of sp³-hybridized carbons (Fsp3) is 0.909.